The molecule has 4 heteroatoms. The van der Waals surface area contributed by atoms with Gasteiger partial charge in [-0.3, -0.25) is 0 Å². The number of nitrogens with one attached hydrogen (secondary N) is 2. The Balaban J connectivity index is 1.99. The van der Waals surface area contributed by atoms with Gasteiger partial charge in [0, 0.05) is 10.7 Å². The van der Waals surface area contributed by atoms with Crippen LogP contribution < -0.4 is 10.6 Å². The minimum absolute atomic E-state index is 0.276. The molecule has 0 radical (unpaired) electrons. The Morgan fingerprint density at radius 3 is 2.68 bits per heavy atom. The Hall–Kier alpha value is -1.66. The highest BCUT2D eigenvalue weighted by Crippen LogP contribution is 2.27. The second-order valence-electron chi connectivity index (χ2n) is 4.88. The molecule has 2 N–H and O–H groups in total. The number of amides is 2. The predicted octanol–water partition coefficient (Wildman–Crippen LogP) is 3.80. The lowest BCUT2D eigenvalue weighted by atomic mass is 9.82. The Labute approximate surface area is 118 Å². The standard InChI is InChI=1S/C15H17ClN2O/c1-2-15(9-4-3-5-10-15)18-14(19)17-13-8-6-7-12(16)11-13/h1,6-8,11H,3-5,9-10H2,(H2,17,18,19). The molecular weight excluding hydrogens is 260 g/mol. The van der Waals surface area contributed by atoms with E-state index in [1.54, 1.807) is 24.3 Å². The summed E-state index contributed by atoms with van der Waals surface area (Å²) in [5.41, 5.74) is 0.161. The second-order valence-corrected chi connectivity index (χ2v) is 5.31. The highest BCUT2D eigenvalue weighted by molar-refractivity contribution is 6.30. The monoisotopic (exact) mass is 276 g/mol. The Morgan fingerprint density at radius 1 is 1.32 bits per heavy atom. The maximum absolute atomic E-state index is 12.0. The first-order valence-corrected chi connectivity index (χ1v) is 6.84. The average molecular weight is 277 g/mol. The van der Waals surface area contributed by atoms with E-state index in [9.17, 15) is 4.79 Å². The summed E-state index contributed by atoms with van der Waals surface area (Å²) in [6.45, 7) is 0. The van der Waals surface area contributed by atoms with Crippen molar-refractivity contribution in [2.24, 2.45) is 0 Å². The third kappa shape index (κ3) is 3.65. The molecule has 0 aromatic heterocycles. The Bertz CT molecular complexity index is 501. The molecule has 2 rings (SSSR count). The van der Waals surface area contributed by atoms with Crippen LogP contribution >= 0.6 is 11.6 Å². The topological polar surface area (TPSA) is 41.1 Å². The Morgan fingerprint density at radius 2 is 2.05 bits per heavy atom. The highest BCUT2D eigenvalue weighted by Gasteiger charge is 2.31. The van der Waals surface area contributed by atoms with E-state index in [-0.39, 0.29) is 6.03 Å². The van der Waals surface area contributed by atoms with E-state index in [1.807, 2.05) is 0 Å². The molecule has 1 saturated carbocycles. The summed E-state index contributed by atoms with van der Waals surface area (Å²) in [6, 6.07) is 6.76. The number of hydrogen-bond donors (Lipinski definition) is 2. The van der Waals surface area contributed by atoms with Gasteiger partial charge in [-0.2, -0.15) is 0 Å². The number of carbonyl (C=O) groups is 1. The van der Waals surface area contributed by atoms with Gasteiger partial charge in [-0.05, 0) is 31.0 Å². The number of rotatable bonds is 2. The number of halogens is 1. The summed E-state index contributed by atoms with van der Waals surface area (Å²) in [4.78, 5) is 12.0. The Kier molecular flexibility index (Phi) is 4.34. The van der Waals surface area contributed by atoms with Gasteiger partial charge in [0.2, 0.25) is 0 Å². The van der Waals surface area contributed by atoms with Gasteiger partial charge in [0.25, 0.3) is 0 Å². The van der Waals surface area contributed by atoms with E-state index in [1.165, 1.54) is 6.42 Å². The van der Waals surface area contributed by atoms with Crippen LogP contribution in [0.1, 0.15) is 32.1 Å². The van der Waals surface area contributed by atoms with Gasteiger partial charge in [0.05, 0.1) is 0 Å². The first kappa shape index (κ1) is 13.8. The fourth-order valence-electron chi connectivity index (χ4n) is 2.41. The van der Waals surface area contributed by atoms with Crippen LogP contribution in [0.2, 0.25) is 5.02 Å². The second kappa shape index (κ2) is 5.99. The van der Waals surface area contributed by atoms with Gasteiger partial charge in [-0.1, -0.05) is 42.9 Å². The number of hydrogen-bond acceptors (Lipinski definition) is 1. The molecule has 1 fully saturated rings. The first-order chi connectivity index (χ1) is 9.13. The molecule has 0 heterocycles. The van der Waals surface area contributed by atoms with E-state index in [0.29, 0.717) is 10.7 Å². The molecule has 19 heavy (non-hydrogen) atoms. The predicted molar refractivity (Wildman–Crippen MR) is 78.3 cm³/mol. The summed E-state index contributed by atoms with van der Waals surface area (Å²) in [5, 5.41) is 6.27. The molecule has 0 unspecified atom stereocenters. The van der Waals surface area contributed by atoms with Crippen LogP contribution in [-0.4, -0.2) is 11.6 Å². The lowest BCUT2D eigenvalue weighted by Crippen LogP contribution is -2.50. The van der Waals surface area contributed by atoms with Crippen molar-refractivity contribution in [1.82, 2.24) is 5.32 Å². The third-order valence-corrected chi connectivity index (χ3v) is 3.65. The van der Waals surface area contributed by atoms with E-state index in [4.69, 9.17) is 18.0 Å². The molecule has 1 aliphatic carbocycles. The SMILES string of the molecule is C#CC1(NC(=O)Nc2cccc(Cl)c2)CCCCC1. The highest BCUT2D eigenvalue weighted by atomic mass is 35.5. The van der Waals surface area contributed by atoms with Gasteiger partial charge in [-0.25, -0.2) is 4.79 Å². The van der Waals surface area contributed by atoms with Crippen molar-refractivity contribution >= 4 is 23.3 Å². The van der Waals surface area contributed by atoms with Crippen LogP contribution in [-0.2, 0) is 0 Å². The smallest absolute Gasteiger partial charge is 0.320 e. The van der Waals surface area contributed by atoms with Crippen molar-refractivity contribution in [2.45, 2.75) is 37.6 Å². The summed E-state index contributed by atoms with van der Waals surface area (Å²) in [5.74, 6) is 2.75. The average Bonchev–Trinajstić information content (AvgIpc) is 2.39. The zero-order valence-electron chi connectivity index (χ0n) is 10.7. The molecule has 1 aromatic rings. The largest absolute Gasteiger partial charge is 0.322 e. The van der Waals surface area contributed by atoms with Gasteiger partial charge in [0.1, 0.15) is 5.54 Å². The molecule has 100 valence electrons. The normalized spacial score (nSPS) is 17.3. The molecule has 0 atom stereocenters. The van der Waals surface area contributed by atoms with Crippen molar-refractivity contribution in [3.05, 3.63) is 29.3 Å². The fraction of sp³-hybridized carbons (Fsp3) is 0.400. The summed E-state index contributed by atoms with van der Waals surface area (Å²) in [7, 11) is 0. The minimum atomic E-state index is -0.499. The van der Waals surface area contributed by atoms with Gasteiger partial charge < -0.3 is 10.6 Å². The van der Waals surface area contributed by atoms with Crippen LogP contribution in [0.15, 0.2) is 24.3 Å². The summed E-state index contributed by atoms with van der Waals surface area (Å²) in [6.07, 6.45) is 10.6. The van der Waals surface area contributed by atoms with Crippen molar-refractivity contribution in [3.63, 3.8) is 0 Å². The van der Waals surface area contributed by atoms with E-state index in [2.05, 4.69) is 16.6 Å². The van der Waals surface area contributed by atoms with Crippen LogP contribution in [0.5, 0.6) is 0 Å². The van der Waals surface area contributed by atoms with E-state index < -0.39 is 5.54 Å². The molecule has 0 bridgehead atoms. The minimum Gasteiger partial charge on any atom is -0.322 e. The zero-order valence-corrected chi connectivity index (χ0v) is 11.5. The van der Waals surface area contributed by atoms with Gasteiger partial charge in [0.15, 0.2) is 0 Å². The van der Waals surface area contributed by atoms with Crippen LogP contribution in [0.4, 0.5) is 10.5 Å². The number of urea groups is 1. The third-order valence-electron chi connectivity index (χ3n) is 3.42. The molecule has 0 saturated heterocycles. The molecule has 0 spiro atoms. The fourth-order valence-corrected chi connectivity index (χ4v) is 2.60. The lowest BCUT2D eigenvalue weighted by molar-refractivity contribution is 0.234. The lowest BCUT2D eigenvalue weighted by Gasteiger charge is -2.33. The van der Waals surface area contributed by atoms with Crippen LogP contribution in [0.25, 0.3) is 0 Å². The van der Waals surface area contributed by atoms with Crippen molar-refractivity contribution in [2.75, 3.05) is 5.32 Å². The van der Waals surface area contributed by atoms with Crippen molar-refractivity contribution in [1.29, 1.82) is 0 Å². The molecule has 1 aromatic carbocycles. The van der Waals surface area contributed by atoms with E-state index in [0.717, 1.165) is 25.7 Å². The maximum Gasteiger partial charge on any atom is 0.320 e. The summed E-state index contributed by atoms with van der Waals surface area (Å²) < 4.78 is 0. The number of anilines is 1. The zero-order chi connectivity index (χ0) is 13.7. The van der Waals surface area contributed by atoms with Gasteiger partial charge in [-0.15, -0.1) is 6.42 Å². The number of terminal acetylenes is 1. The van der Waals surface area contributed by atoms with Gasteiger partial charge >= 0.3 is 6.03 Å². The molecule has 3 nitrogen and oxygen atoms in total. The van der Waals surface area contributed by atoms with Crippen molar-refractivity contribution in [3.8, 4) is 12.3 Å². The quantitative estimate of drug-likeness (QED) is 0.793. The first-order valence-electron chi connectivity index (χ1n) is 6.46. The molecule has 0 aliphatic heterocycles. The molecule has 2 amide bonds. The molecular formula is C15H17ClN2O. The van der Waals surface area contributed by atoms with Crippen molar-refractivity contribution < 1.29 is 4.79 Å². The van der Waals surface area contributed by atoms with Crippen LogP contribution in [0, 0.1) is 12.3 Å². The maximum atomic E-state index is 12.0. The molecule has 1 aliphatic rings. The van der Waals surface area contributed by atoms with E-state index >= 15 is 0 Å². The van der Waals surface area contributed by atoms with Crippen LogP contribution in [0.3, 0.4) is 0 Å². The number of carbonyl (C=O) groups excluding carboxylic acids is 1. The number of benzene rings is 1. The summed E-state index contributed by atoms with van der Waals surface area (Å²) >= 11 is 5.87.